The highest BCUT2D eigenvalue weighted by Gasteiger charge is 2.18. The van der Waals surface area contributed by atoms with Crippen LogP contribution in [0, 0.1) is 5.41 Å². The molecule has 2 N–H and O–H groups in total. The lowest BCUT2D eigenvalue weighted by atomic mass is 9.89. The van der Waals surface area contributed by atoms with Crippen molar-refractivity contribution >= 4 is 5.91 Å². The molecule has 1 amide bonds. The van der Waals surface area contributed by atoms with Crippen molar-refractivity contribution < 1.29 is 14.6 Å². The minimum absolute atomic E-state index is 0.116. The molecule has 0 saturated carbocycles. The van der Waals surface area contributed by atoms with Crippen LogP contribution in [0.5, 0.6) is 5.75 Å². The first-order valence-corrected chi connectivity index (χ1v) is 8.02. The third kappa shape index (κ3) is 5.66. The van der Waals surface area contributed by atoms with Crippen molar-refractivity contribution in [3.05, 3.63) is 59.9 Å². The van der Waals surface area contributed by atoms with Crippen LogP contribution in [0.3, 0.4) is 0 Å². The Balaban J connectivity index is 1.86. The zero-order chi connectivity index (χ0) is 17.4. The molecule has 0 radical (unpaired) electrons. The Morgan fingerprint density at radius 3 is 2.58 bits per heavy atom. The van der Waals surface area contributed by atoms with E-state index in [0.717, 1.165) is 5.69 Å². The van der Waals surface area contributed by atoms with Gasteiger partial charge >= 0.3 is 0 Å². The van der Waals surface area contributed by atoms with Gasteiger partial charge in [-0.2, -0.15) is 0 Å². The number of hydrogen-bond donors (Lipinski definition) is 2. The second-order valence-corrected chi connectivity index (χ2v) is 6.45. The molecule has 2 rings (SSSR count). The van der Waals surface area contributed by atoms with Crippen molar-refractivity contribution in [1.29, 1.82) is 0 Å². The molecule has 1 heterocycles. The molecule has 0 aliphatic carbocycles. The van der Waals surface area contributed by atoms with Crippen LogP contribution >= 0.6 is 0 Å². The first-order valence-electron chi connectivity index (χ1n) is 8.02. The van der Waals surface area contributed by atoms with E-state index in [-0.39, 0.29) is 17.9 Å². The Hall–Kier alpha value is -2.40. The van der Waals surface area contributed by atoms with Gasteiger partial charge in [0.2, 0.25) is 0 Å². The fourth-order valence-electron chi connectivity index (χ4n) is 2.16. The number of aliphatic hydroxyl groups excluding tert-OH is 1. The number of pyridine rings is 1. The van der Waals surface area contributed by atoms with Gasteiger partial charge in [-0.05, 0) is 48.2 Å². The van der Waals surface area contributed by atoms with Crippen molar-refractivity contribution in [3.63, 3.8) is 0 Å². The SMILES string of the molecule is CC(C)(CCO)CNC(=O)c1ccc(OCc2ccccn2)cc1. The van der Waals surface area contributed by atoms with Crippen molar-refractivity contribution in [3.8, 4) is 5.75 Å². The van der Waals surface area contributed by atoms with Gasteiger partial charge < -0.3 is 15.2 Å². The number of carbonyl (C=O) groups excluding carboxylic acids is 1. The van der Waals surface area contributed by atoms with Crippen molar-refractivity contribution in [1.82, 2.24) is 10.3 Å². The standard InChI is InChI=1S/C19H24N2O3/c1-19(2,10-12-22)14-21-18(23)15-6-8-17(9-7-15)24-13-16-5-3-4-11-20-16/h3-9,11,22H,10,12-14H2,1-2H3,(H,21,23). The fraction of sp³-hybridized carbons (Fsp3) is 0.368. The van der Waals surface area contributed by atoms with E-state index in [1.54, 1.807) is 30.5 Å². The summed E-state index contributed by atoms with van der Waals surface area (Å²) in [5.74, 6) is 0.565. The van der Waals surface area contributed by atoms with Crippen molar-refractivity contribution in [2.24, 2.45) is 5.41 Å². The van der Waals surface area contributed by atoms with E-state index in [1.165, 1.54) is 0 Å². The highest BCUT2D eigenvalue weighted by molar-refractivity contribution is 5.94. The summed E-state index contributed by atoms with van der Waals surface area (Å²) in [5.41, 5.74) is 1.31. The Bertz CT molecular complexity index is 639. The average molecular weight is 328 g/mol. The smallest absolute Gasteiger partial charge is 0.251 e. The maximum absolute atomic E-state index is 12.2. The largest absolute Gasteiger partial charge is 0.487 e. The summed E-state index contributed by atoms with van der Waals surface area (Å²) < 4.78 is 5.65. The van der Waals surface area contributed by atoms with Crippen LogP contribution in [0.1, 0.15) is 36.3 Å². The lowest BCUT2D eigenvalue weighted by Crippen LogP contribution is -2.34. The average Bonchev–Trinajstić information content (AvgIpc) is 2.59. The van der Waals surface area contributed by atoms with Gasteiger partial charge in [-0.15, -0.1) is 0 Å². The summed E-state index contributed by atoms with van der Waals surface area (Å²) in [6.07, 6.45) is 2.37. The summed E-state index contributed by atoms with van der Waals surface area (Å²) in [6.45, 7) is 5.05. The third-order valence-corrected chi connectivity index (χ3v) is 3.75. The highest BCUT2D eigenvalue weighted by Crippen LogP contribution is 2.19. The van der Waals surface area contributed by atoms with Crippen molar-refractivity contribution in [2.45, 2.75) is 26.9 Å². The second-order valence-electron chi connectivity index (χ2n) is 6.45. The molecule has 5 nitrogen and oxygen atoms in total. The summed E-state index contributed by atoms with van der Waals surface area (Å²) >= 11 is 0. The van der Waals surface area contributed by atoms with E-state index in [1.807, 2.05) is 32.0 Å². The van der Waals surface area contributed by atoms with Crippen LogP contribution in [-0.4, -0.2) is 29.1 Å². The molecule has 1 aromatic heterocycles. The van der Waals surface area contributed by atoms with Crippen LogP contribution in [0.25, 0.3) is 0 Å². The molecule has 1 aromatic carbocycles. The first kappa shape index (κ1) is 17.9. The number of aromatic nitrogens is 1. The molecule has 128 valence electrons. The molecule has 0 fully saturated rings. The summed E-state index contributed by atoms with van der Waals surface area (Å²) in [6, 6.07) is 12.7. The van der Waals surface area contributed by atoms with Gasteiger partial charge in [0.05, 0.1) is 5.69 Å². The minimum Gasteiger partial charge on any atom is -0.487 e. The number of amides is 1. The number of rotatable bonds is 8. The van der Waals surface area contributed by atoms with E-state index >= 15 is 0 Å². The topological polar surface area (TPSA) is 71.5 Å². The first-order chi connectivity index (χ1) is 11.5. The molecule has 5 heteroatoms. The molecular formula is C19H24N2O3. The van der Waals surface area contributed by atoms with Gasteiger partial charge in [-0.1, -0.05) is 19.9 Å². The Labute approximate surface area is 142 Å². The van der Waals surface area contributed by atoms with Crippen molar-refractivity contribution in [2.75, 3.05) is 13.2 Å². The number of nitrogens with zero attached hydrogens (tertiary/aromatic N) is 1. The number of carbonyl (C=O) groups is 1. The maximum atomic E-state index is 12.2. The number of benzene rings is 1. The molecule has 0 unspecified atom stereocenters. The fourth-order valence-corrected chi connectivity index (χ4v) is 2.16. The van der Waals surface area contributed by atoms with Gasteiger partial charge in [0, 0.05) is 24.9 Å². The molecular weight excluding hydrogens is 304 g/mol. The normalized spacial score (nSPS) is 11.1. The predicted molar refractivity (Wildman–Crippen MR) is 92.8 cm³/mol. The second kappa shape index (κ2) is 8.45. The van der Waals surface area contributed by atoms with E-state index in [4.69, 9.17) is 9.84 Å². The predicted octanol–water partition coefficient (Wildman–Crippen LogP) is 2.80. The van der Waals surface area contributed by atoms with Crippen LogP contribution in [0.4, 0.5) is 0 Å². The van der Waals surface area contributed by atoms with Gasteiger partial charge in [-0.3, -0.25) is 9.78 Å². The molecule has 2 aromatic rings. The maximum Gasteiger partial charge on any atom is 0.251 e. The molecule has 0 saturated heterocycles. The molecule has 0 aliphatic heterocycles. The Morgan fingerprint density at radius 1 is 1.21 bits per heavy atom. The molecule has 24 heavy (non-hydrogen) atoms. The molecule has 0 atom stereocenters. The number of hydrogen-bond acceptors (Lipinski definition) is 4. The number of ether oxygens (including phenoxy) is 1. The lowest BCUT2D eigenvalue weighted by molar-refractivity contribution is 0.0928. The van der Waals surface area contributed by atoms with E-state index in [2.05, 4.69) is 10.3 Å². The Kier molecular flexibility index (Phi) is 6.32. The monoisotopic (exact) mass is 328 g/mol. The zero-order valence-corrected chi connectivity index (χ0v) is 14.2. The lowest BCUT2D eigenvalue weighted by Gasteiger charge is -2.23. The summed E-state index contributed by atoms with van der Waals surface area (Å²) in [7, 11) is 0. The molecule has 0 aliphatic rings. The van der Waals surface area contributed by atoms with Crippen LogP contribution in [0.2, 0.25) is 0 Å². The van der Waals surface area contributed by atoms with Gasteiger partial charge in [0.15, 0.2) is 0 Å². The summed E-state index contributed by atoms with van der Waals surface area (Å²) in [4.78, 5) is 16.4. The van der Waals surface area contributed by atoms with E-state index in [0.29, 0.717) is 30.9 Å². The van der Waals surface area contributed by atoms with Crippen LogP contribution in [-0.2, 0) is 6.61 Å². The van der Waals surface area contributed by atoms with Gasteiger partial charge in [-0.25, -0.2) is 0 Å². The number of nitrogens with one attached hydrogen (secondary N) is 1. The Morgan fingerprint density at radius 2 is 1.96 bits per heavy atom. The molecule has 0 spiro atoms. The summed E-state index contributed by atoms with van der Waals surface area (Å²) in [5, 5.41) is 11.9. The van der Waals surface area contributed by atoms with E-state index in [9.17, 15) is 4.79 Å². The van der Waals surface area contributed by atoms with E-state index < -0.39 is 0 Å². The van der Waals surface area contributed by atoms with Gasteiger partial charge in [0.1, 0.15) is 12.4 Å². The zero-order valence-electron chi connectivity index (χ0n) is 14.2. The van der Waals surface area contributed by atoms with Gasteiger partial charge in [0.25, 0.3) is 5.91 Å². The third-order valence-electron chi connectivity index (χ3n) is 3.75. The minimum atomic E-state index is -0.129. The quantitative estimate of drug-likeness (QED) is 0.782. The highest BCUT2D eigenvalue weighted by atomic mass is 16.5. The molecule has 0 bridgehead atoms. The van der Waals surface area contributed by atoms with Crippen LogP contribution < -0.4 is 10.1 Å². The number of aliphatic hydroxyl groups is 1. The van der Waals surface area contributed by atoms with Crippen LogP contribution in [0.15, 0.2) is 48.7 Å².